The van der Waals surface area contributed by atoms with Gasteiger partial charge in [-0.15, -0.1) is 0 Å². The molecule has 0 amide bonds. The Morgan fingerprint density at radius 3 is 2.22 bits per heavy atom. The van der Waals surface area contributed by atoms with Crippen molar-refractivity contribution in [1.82, 2.24) is 4.72 Å². The van der Waals surface area contributed by atoms with E-state index in [1.54, 1.807) is 0 Å². The van der Waals surface area contributed by atoms with Crippen molar-refractivity contribution in [3.05, 3.63) is 58.6 Å². The van der Waals surface area contributed by atoms with Gasteiger partial charge in [0.25, 0.3) is 0 Å². The van der Waals surface area contributed by atoms with Gasteiger partial charge in [-0.25, -0.2) is 21.6 Å². The monoisotopic (exact) mass is 471 g/mol. The lowest BCUT2D eigenvalue weighted by atomic mass is 9.79. The smallest absolute Gasteiger partial charge is 0.224 e. The van der Waals surface area contributed by atoms with Crippen LogP contribution in [0.2, 0.25) is 0 Å². The summed E-state index contributed by atoms with van der Waals surface area (Å²) in [5, 5.41) is 0. The molecule has 1 N–H and O–H groups in total. The normalized spacial score (nSPS) is 17.1. The van der Waals surface area contributed by atoms with Crippen LogP contribution in [0, 0.1) is 0 Å². The third kappa shape index (κ3) is 4.45. The SMILES string of the molecule is CS(=O)(=O)c1ccc(Br)c(S(=O)(=O)NCC2(c3ccccc3)CCCC2)c1. The molecule has 2 aromatic rings. The van der Waals surface area contributed by atoms with Crippen LogP contribution in [-0.4, -0.2) is 29.6 Å². The highest BCUT2D eigenvalue weighted by Gasteiger charge is 2.37. The second-order valence-electron chi connectivity index (χ2n) is 7.04. The van der Waals surface area contributed by atoms with Gasteiger partial charge in [-0.3, -0.25) is 0 Å². The van der Waals surface area contributed by atoms with Crippen molar-refractivity contribution in [3.8, 4) is 0 Å². The van der Waals surface area contributed by atoms with Gasteiger partial charge in [-0.05, 0) is 52.5 Å². The Kier molecular flexibility index (Phi) is 5.82. The number of sulfonamides is 1. The Morgan fingerprint density at radius 2 is 1.63 bits per heavy atom. The minimum atomic E-state index is -3.87. The van der Waals surface area contributed by atoms with Gasteiger partial charge in [0.15, 0.2) is 9.84 Å². The molecule has 0 unspecified atom stereocenters. The molecule has 0 saturated heterocycles. The molecule has 0 spiro atoms. The fraction of sp³-hybridized carbons (Fsp3) is 0.368. The molecule has 3 rings (SSSR count). The first-order chi connectivity index (χ1) is 12.6. The molecule has 0 bridgehead atoms. The van der Waals surface area contributed by atoms with E-state index >= 15 is 0 Å². The third-order valence-electron chi connectivity index (χ3n) is 5.17. The molecule has 2 aromatic carbocycles. The summed E-state index contributed by atoms with van der Waals surface area (Å²) in [6, 6.07) is 14.0. The Hall–Kier alpha value is -1.22. The lowest BCUT2D eigenvalue weighted by Gasteiger charge is -2.30. The third-order valence-corrected chi connectivity index (χ3v) is 8.67. The van der Waals surface area contributed by atoms with Gasteiger partial charge in [0, 0.05) is 22.7 Å². The summed E-state index contributed by atoms with van der Waals surface area (Å²) in [6.45, 7) is 0.287. The molecule has 1 fully saturated rings. The Balaban J connectivity index is 1.91. The van der Waals surface area contributed by atoms with Crippen LogP contribution in [0.25, 0.3) is 0 Å². The molecule has 5 nitrogen and oxygen atoms in total. The average molecular weight is 472 g/mol. The Morgan fingerprint density at radius 1 is 1.00 bits per heavy atom. The Labute approximate surface area is 169 Å². The maximum absolute atomic E-state index is 12.9. The van der Waals surface area contributed by atoms with Gasteiger partial charge >= 0.3 is 0 Å². The van der Waals surface area contributed by atoms with Gasteiger partial charge in [-0.1, -0.05) is 43.2 Å². The molecule has 1 aliphatic carbocycles. The van der Waals surface area contributed by atoms with Gasteiger partial charge in [0.2, 0.25) is 10.0 Å². The largest absolute Gasteiger partial charge is 0.241 e. The van der Waals surface area contributed by atoms with E-state index in [-0.39, 0.29) is 21.8 Å². The second kappa shape index (κ2) is 7.66. The predicted octanol–water partition coefficient (Wildman–Crippen LogP) is 3.64. The zero-order valence-electron chi connectivity index (χ0n) is 15.0. The maximum atomic E-state index is 12.9. The van der Waals surface area contributed by atoms with Crippen molar-refractivity contribution >= 4 is 35.8 Å². The zero-order valence-corrected chi connectivity index (χ0v) is 18.2. The van der Waals surface area contributed by atoms with Crippen LogP contribution in [0.3, 0.4) is 0 Å². The van der Waals surface area contributed by atoms with E-state index in [1.807, 2.05) is 30.3 Å². The molecule has 8 heteroatoms. The molecule has 27 heavy (non-hydrogen) atoms. The number of rotatable bonds is 6. The molecule has 1 saturated carbocycles. The highest BCUT2D eigenvalue weighted by molar-refractivity contribution is 9.10. The van der Waals surface area contributed by atoms with Crippen molar-refractivity contribution in [1.29, 1.82) is 0 Å². The first kappa shape index (κ1) is 20.5. The standard InChI is InChI=1S/C19H22BrNO4S2/c1-26(22,23)16-9-10-17(20)18(13-16)27(24,25)21-14-19(11-5-6-12-19)15-7-3-2-4-8-15/h2-4,7-10,13,21H,5-6,11-12,14H2,1H3. The molecule has 146 valence electrons. The number of nitrogens with one attached hydrogen (secondary N) is 1. The first-order valence-corrected chi connectivity index (χ1v) is 12.9. The number of hydrogen-bond acceptors (Lipinski definition) is 4. The quantitative estimate of drug-likeness (QED) is 0.696. The maximum Gasteiger partial charge on any atom is 0.241 e. The van der Waals surface area contributed by atoms with Crippen molar-refractivity contribution in [2.75, 3.05) is 12.8 Å². The van der Waals surface area contributed by atoms with Crippen molar-refractivity contribution in [2.45, 2.75) is 40.9 Å². The van der Waals surface area contributed by atoms with Gasteiger partial charge in [-0.2, -0.15) is 0 Å². The van der Waals surface area contributed by atoms with Crippen LogP contribution in [0.15, 0.2) is 62.8 Å². The topological polar surface area (TPSA) is 80.3 Å². The molecular formula is C19H22BrNO4S2. The van der Waals surface area contributed by atoms with E-state index in [9.17, 15) is 16.8 Å². The minimum Gasteiger partial charge on any atom is -0.224 e. The van der Waals surface area contributed by atoms with Crippen molar-refractivity contribution in [2.24, 2.45) is 0 Å². The van der Waals surface area contributed by atoms with Crippen molar-refractivity contribution < 1.29 is 16.8 Å². The highest BCUT2D eigenvalue weighted by Crippen LogP contribution is 2.41. The minimum absolute atomic E-state index is 0.0234. The highest BCUT2D eigenvalue weighted by atomic mass is 79.9. The summed E-state index contributed by atoms with van der Waals surface area (Å²) in [7, 11) is -7.37. The van der Waals surface area contributed by atoms with E-state index in [2.05, 4.69) is 20.7 Å². The van der Waals surface area contributed by atoms with E-state index in [0.717, 1.165) is 37.5 Å². The predicted molar refractivity (Wildman–Crippen MR) is 109 cm³/mol. The fourth-order valence-electron chi connectivity index (χ4n) is 3.64. The molecule has 0 heterocycles. The fourth-order valence-corrected chi connectivity index (χ4v) is 6.48. The molecule has 0 aliphatic heterocycles. The second-order valence-corrected chi connectivity index (χ2v) is 11.6. The van der Waals surface area contributed by atoms with Crippen LogP contribution in [0.5, 0.6) is 0 Å². The van der Waals surface area contributed by atoms with Crippen LogP contribution in [0.4, 0.5) is 0 Å². The first-order valence-electron chi connectivity index (χ1n) is 8.69. The van der Waals surface area contributed by atoms with E-state index in [4.69, 9.17) is 0 Å². The summed E-state index contributed by atoms with van der Waals surface area (Å²) >= 11 is 3.23. The molecule has 1 aliphatic rings. The van der Waals surface area contributed by atoms with Crippen LogP contribution in [-0.2, 0) is 25.3 Å². The Bertz CT molecular complexity index is 1030. The number of hydrogen-bond donors (Lipinski definition) is 1. The molecule has 0 aromatic heterocycles. The molecule has 0 radical (unpaired) electrons. The number of halogens is 1. The van der Waals surface area contributed by atoms with Crippen LogP contribution >= 0.6 is 15.9 Å². The molecule has 0 atom stereocenters. The summed E-state index contributed by atoms with van der Waals surface area (Å²) < 4.78 is 52.5. The lowest BCUT2D eigenvalue weighted by Crippen LogP contribution is -2.39. The van der Waals surface area contributed by atoms with Crippen LogP contribution < -0.4 is 4.72 Å². The van der Waals surface area contributed by atoms with Gasteiger partial charge in [0.05, 0.1) is 9.79 Å². The zero-order chi connectivity index (χ0) is 19.7. The van der Waals surface area contributed by atoms with Crippen molar-refractivity contribution in [3.63, 3.8) is 0 Å². The summed E-state index contributed by atoms with van der Waals surface area (Å²) in [6.07, 6.45) is 5.02. The summed E-state index contributed by atoms with van der Waals surface area (Å²) in [4.78, 5) is -0.0867. The average Bonchev–Trinajstić information content (AvgIpc) is 3.10. The number of sulfone groups is 1. The summed E-state index contributed by atoms with van der Waals surface area (Å²) in [5.74, 6) is 0. The lowest BCUT2D eigenvalue weighted by molar-refractivity contribution is 0.432. The van der Waals surface area contributed by atoms with Crippen LogP contribution in [0.1, 0.15) is 31.2 Å². The molecular weight excluding hydrogens is 450 g/mol. The van der Waals surface area contributed by atoms with E-state index < -0.39 is 19.9 Å². The summed E-state index contributed by atoms with van der Waals surface area (Å²) in [5.41, 5.74) is 0.907. The number of benzene rings is 2. The van der Waals surface area contributed by atoms with Gasteiger partial charge in [0.1, 0.15) is 0 Å². The van der Waals surface area contributed by atoms with E-state index in [0.29, 0.717) is 4.47 Å². The van der Waals surface area contributed by atoms with Gasteiger partial charge < -0.3 is 0 Å². The van der Waals surface area contributed by atoms with E-state index in [1.165, 1.54) is 18.2 Å².